The monoisotopic (exact) mass is 273 g/mol. The summed E-state index contributed by atoms with van der Waals surface area (Å²) in [5, 5.41) is 3.03. The van der Waals surface area contributed by atoms with Crippen LogP contribution in [0.4, 0.5) is 13.2 Å². The molecule has 0 aliphatic carbocycles. The Kier molecular flexibility index (Phi) is 5.11. The third kappa shape index (κ3) is 4.35. The minimum atomic E-state index is -4.37. The molecule has 1 N–H and O–H groups in total. The summed E-state index contributed by atoms with van der Waals surface area (Å²) in [6.07, 6.45) is -3.49. The first-order chi connectivity index (χ1) is 8.75. The number of carbonyl (C=O) groups excluding carboxylic acids is 1. The Morgan fingerprint density at radius 1 is 1.37 bits per heavy atom. The number of rotatable bonds is 5. The molecule has 0 amide bonds. The van der Waals surface area contributed by atoms with Crippen molar-refractivity contribution in [2.24, 2.45) is 0 Å². The molecular weight excluding hydrogens is 255 g/mol. The van der Waals surface area contributed by atoms with E-state index in [0.717, 1.165) is 18.6 Å². The SMILES string of the molecule is CCC(C)NCC(=O)c1ccc(C(F)(F)F)cc1C. The average molecular weight is 273 g/mol. The molecular formula is C14H18F3NO. The minimum absolute atomic E-state index is 0.140. The molecule has 0 saturated carbocycles. The van der Waals surface area contributed by atoms with Crippen molar-refractivity contribution in [1.29, 1.82) is 0 Å². The maximum Gasteiger partial charge on any atom is 0.416 e. The van der Waals surface area contributed by atoms with E-state index in [1.165, 1.54) is 13.0 Å². The van der Waals surface area contributed by atoms with Gasteiger partial charge in [0.05, 0.1) is 12.1 Å². The minimum Gasteiger partial charge on any atom is -0.307 e. The molecule has 1 unspecified atom stereocenters. The van der Waals surface area contributed by atoms with Crippen LogP contribution in [-0.4, -0.2) is 18.4 Å². The number of nitrogens with one attached hydrogen (secondary N) is 1. The number of ketones is 1. The van der Waals surface area contributed by atoms with Crippen molar-refractivity contribution >= 4 is 5.78 Å². The van der Waals surface area contributed by atoms with Gasteiger partial charge >= 0.3 is 6.18 Å². The van der Waals surface area contributed by atoms with Gasteiger partial charge in [0.25, 0.3) is 0 Å². The van der Waals surface area contributed by atoms with Crippen molar-refractivity contribution in [3.8, 4) is 0 Å². The molecule has 2 nitrogen and oxygen atoms in total. The van der Waals surface area contributed by atoms with Gasteiger partial charge in [-0.25, -0.2) is 0 Å². The molecule has 1 aromatic carbocycles. The lowest BCUT2D eigenvalue weighted by Gasteiger charge is -2.13. The summed E-state index contributed by atoms with van der Waals surface area (Å²) in [4.78, 5) is 11.9. The van der Waals surface area contributed by atoms with E-state index in [-0.39, 0.29) is 18.4 Å². The Bertz CT molecular complexity index is 454. The zero-order valence-corrected chi connectivity index (χ0v) is 11.3. The molecule has 0 bridgehead atoms. The van der Waals surface area contributed by atoms with Crippen LogP contribution in [0.5, 0.6) is 0 Å². The molecule has 106 valence electrons. The zero-order valence-electron chi connectivity index (χ0n) is 11.3. The molecule has 1 aromatic rings. The molecule has 0 radical (unpaired) electrons. The molecule has 5 heteroatoms. The second kappa shape index (κ2) is 6.19. The number of alkyl halides is 3. The van der Waals surface area contributed by atoms with Gasteiger partial charge in [0.2, 0.25) is 0 Å². The van der Waals surface area contributed by atoms with E-state index >= 15 is 0 Å². The van der Waals surface area contributed by atoms with Crippen LogP contribution >= 0.6 is 0 Å². The summed E-state index contributed by atoms with van der Waals surface area (Å²) in [6, 6.07) is 3.41. The Morgan fingerprint density at radius 2 is 2.00 bits per heavy atom. The highest BCUT2D eigenvalue weighted by Gasteiger charge is 2.30. The van der Waals surface area contributed by atoms with Crippen LogP contribution in [0.15, 0.2) is 18.2 Å². The number of hydrogen-bond acceptors (Lipinski definition) is 2. The highest BCUT2D eigenvalue weighted by molar-refractivity contribution is 5.99. The van der Waals surface area contributed by atoms with Gasteiger partial charge in [-0.15, -0.1) is 0 Å². The van der Waals surface area contributed by atoms with Gasteiger partial charge in [0.1, 0.15) is 0 Å². The third-order valence-corrected chi connectivity index (χ3v) is 3.08. The second-order valence-corrected chi connectivity index (χ2v) is 4.64. The van der Waals surface area contributed by atoms with E-state index in [2.05, 4.69) is 5.32 Å². The lowest BCUT2D eigenvalue weighted by molar-refractivity contribution is -0.137. The Balaban J connectivity index is 2.82. The molecule has 0 aliphatic heterocycles. The lowest BCUT2D eigenvalue weighted by atomic mass is 10.0. The van der Waals surface area contributed by atoms with Crippen molar-refractivity contribution in [1.82, 2.24) is 5.32 Å². The maximum atomic E-state index is 12.5. The molecule has 0 aromatic heterocycles. The van der Waals surface area contributed by atoms with Gasteiger partial charge in [-0.05, 0) is 38.0 Å². The van der Waals surface area contributed by atoms with Crippen LogP contribution in [0.2, 0.25) is 0 Å². The molecule has 19 heavy (non-hydrogen) atoms. The molecule has 0 saturated heterocycles. The quantitative estimate of drug-likeness (QED) is 0.831. The first-order valence-corrected chi connectivity index (χ1v) is 6.20. The van der Waals surface area contributed by atoms with Crippen molar-refractivity contribution in [2.75, 3.05) is 6.54 Å². The summed E-state index contributed by atoms with van der Waals surface area (Å²) in [6.45, 7) is 5.60. The van der Waals surface area contributed by atoms with E-state index in [1.807, 2.05) is 13.8 Å². The predicted molar refractivity (Wildman–Crippen MR) is 68.3 cm³/mol. The van der Waals surface area contributed by atoms with Crippen molar-refractivity contribution in [3.63, 3.8) is 0 Å². The van der Waals surface area contributed by atoms with Crippen LogP contribution in [0.25, 0.3) is 0 Å². The molecule has 1 rings (SSSR count). The fourth-order valence-electron chi connectivity index (χ4n) is 1.66. The first kappa shape index (κ1) is 15.7. The smallest absolute Gasteiger partial charge is 0.307 e. The van der Waals surface area contributed by atoms with E-state index in [4.69, 9.17) is 0 Å². The van der Waals surface area contributed by atoms with Gasteiger partial charge in [-0.1, -0.05) is 13.0 Å². The fourth-order valence-corrected chi connectivity index (χ4v) is 1.66. The van der Waals surface area contributed by atoms with Gasteiger partial charge in [-0.2, -0.15) is 13.2 Å². The zero-order chi connectivity index (χ0) is 14.6. The normalized spacial score (nSPS) is 13.4. The van der Waals surface area contributed by atoms with Crippen molar-refractivity contribution in [2.45, 2.75) is 39.4 Å². The van der Waals surface area contributed by atoms with Crippen LogP contribution in [-0.2, 0) is 6.18 Å². The van der Waals surface area contributed by atoms with E-state index in [9.17, 15) is 18.0 Å². The van der Waals surface area contributed by atoms with Crippen LogP contribution < -0.4 is 5.32 Å². The summed E-state index contributed by atoms with van der Waals surface area (Å²) in [7, 11) is 0. The highest BCUT2D eigenvalue weighted by atomic mass is 19.4. The predicted octanol–water partition coefficient (Wildman–Crippen LogP) is 3.58. The van der Waals surface area contributed by atoms with Crippen LogP contribution in [0.3, 0.4) is 0 Å². The standard InChI is InChI=1S/C14H18F3NO/c1-4-10(3)18-8-13(19)12-6-5-11(7-9(12)2)14(15,16)17/h5-7,10,18H,4,8H2,1-3H3. The largest absolute Gasteiger partial charge is 0.416 e. The summed E-state index contributed by atoms with van der Waals surface area (Å²) in [5.74, 6) is -0.188. The average Bonchev–Trinajstić information content (AvgIpc) is 2.34. The number of benzene rings is 1. The molecule has 0 fully saturated rings. The van der Waals surface area contributed by atoms with Gasteiger partial charge in [0.15, 0.2) is 5.78 Å². The van der Waals surface area contributed by atoms with Crippen molar-refractivity contribution in [3.05, 3.63) is 34.9 Å². The van der Waals surface area contributed by atoms with Gasteiger partial charge in [0, 0.05) is 11.6 Å². The number of aryl methyl sites for hydroxylation is 1. The van der Waals surface area contributed by atoms with Crippen LogP contribution in [0.1, 0.15) is 41.8 Å². The Hall–Kier alpha value is -1.36. The number of halogens is 3. The number of carbonyl (C=O) groups is 1. The summed E-state index contributed by atoms with van der Waals surface area (Å²) >= 11 is 0. The maximum absolute atomic E-state index is 12.5. The topological polar surface area (TPSA) is 29.1 Å². The molecule has 0 heterocycles. The number of Topliss-reactive ketones (excluding diaryl/α,β-unsaturated/α-hetero) is 1. The number of hydrogen-bond donors (Lipinski definition) is 1. The molecule has 0 aliphatic rings. The molecule has 1 atom stereocenters. The Morgan fingerprint density at radius 3 is 2.47 bits per heavy atom. The van der Waals surface area contributed by atoms with E-state index < -0.39 is 11.7 Å². The van der Waals surface area contributed by atoms with E-state index in [1.54, 1.807) is 0 Å². The van der Waals surface area contributed by atoms with Crippen molar-refractivity contribution < 1.29 is 18.0 Å². The second-order valence-electron chi connectivity index (χ2n) is 4.64. The van der Waals surface area contributed by atoms with Gasteiger partial charge in [-0.3, -0.25) is 4.79 Å². The highest BCUT2D eigenvalue weighted by Crippen LogP contribution is 2.30. The molecule has 0 spiro atoms. The third-order valence-electron chi connectivity index (χ3n) is 3.08. The van der Waals surface area contributed by atoms with E-state index in [0.29, 0.717) is 11.1 Å². The first-order valence-electron chi connectivity index (χ1n) is 6.20. The Labute approximate surface area is 111 Å². The summed E-state index contributed by atoms with van der Waals surface area (Å²) in [5.41, 5.74) is -0.0361. The summed E-state index contributed by atoms with van der Waals surface area (Å²) < 4.78 is 37.5. The lowest BCUT2D eigenvalue weighted by Crippen LogP contribution is -2.31. The fraction of sp³-hybridized carbons (Fsp3) is 0.500. The van der Waals surface area contributed by atoms with Crippen LogP contribution in [0, 0.1) is 6.92 Å². The van der Waals surface area contributed by atoms with Gasteiger partial charge < -0.3 is 5.32 Å².